The molecule has 1 aromatic carbocycles. The molecule has 1 saturated heterocycles. The minimum atomic E-state index is -0.186. The molecule has 1 atom stereocenters. The molecule has 26 heavy (non-hydrogen) atoms. The van der Waals surface area contributed by atoms with Crippen LogP contribution in [-0.2, 0) is 4.79 Å². The first-order chi connectivity index (χ1) is 12.4. The lowest BCUT2D eigenvalue weighted by Crippen LogP contribution is -2.52. The van der Waals surface area contributed by atoms with E-state index in [0.717, 1.165) is 35.7 Å². The van der Waals surface area contributed by atoms with Gasteiger partial charge in [0.05, 0.1) is 6.04 Å². The van der Waals surface area contributed by atoms with E-state index in [4.69, 9.17) is 0 Å². The van der Waals surface area contributed by atoms with Crippen LogP contribution in [0.2, 0.25) is 0 Å². The highest BCUT2D eigenvalue weighted by atomic mass is 16.2. The number of benzene rings is 1. The van der Waals surface area contributed by atoms with Crippen molar-refractivity contribution < 1.29 is 9.59 Å². The molecule has 3 rings (SSSR count). The van der Waals surface area contributed by atoms with Crippen LogP contribution in [0.4, 0.5) is 0 Å². The van der Waals surface area contributed by atoms with Gasteiger partial charge in [0.15, 0.2) is 5.78 Å². The number of rotatable bonds is 4. The number of piperazine rings is 1. The summed E-state index contributed by atoms with van der Waals surface area (Å²) in [4.78, 5) is 28.6. The summed E-state index contributed by atoms with van der Waals surface area (Å²) in [6.45, 7) is 10.5. The maximum absolute atomic E-state index is 13.1. The van der Waals surface area contributed by atoms with Crippen LogP contribution in [0, 0.1) is 13.8 Å². The third kappa shape index (κ3) is 3.44. The number of amides is 1. The summed E-state index contributed by atoms with van der Waals surface area (Å²) in [6.07, 6.45) is 0. The van der Waals surface area contributed by atoms with E-state index >= 15 is 0 Å². The van der Waals surface area contributed by atoms with E-state index in [1.807, 2.05) is 49.9 Å². The molecule has 2 heterocycles. The average Bonchev–Trinajstić information content (AvgIpc) is 2.95. The zero-order valence-corrected chi connectivity index (χ0v) is 16.0. The van der Waals surface area contributed by atoms with Crippen molar-refractivity contribution in [1.82, 2.24) is 14.4 Å². The summed E-state index contributed by atoms with van der Waals surface area (Å²) >= 11 is 0. The van der Waals surface area contributed by atoms with Gasteiger partial charge in [0, 0.05) is 55.7 Å². The van der Waals surface area contributed by atoms with E-state index in [9.17, 15) is 9.59 Å². The summed E-state index contributed by atoms with van der Waals surface area (Å²) in [5.41, 5.74) is 3.90. The summed E-state index contributed by atoms with van der Waals surface area (Å²) in [5, 5.41) is 0. The van der Waals surface area contributed by atoms with Crippen molar-refractivity contribution >= 4 is 11.7 Å². The first-order valence-electron chi connectivity index (χ1n) is 9.18. The number of aromatic nitrogens is 1. The lowest BCUT2D eigenvalue weighted by atomic mass is 10.0. The fourth-order valence-electron chi connectivity index (χ4n) is 3.80. The number of carbonyl (C=O) groups excluding carboxylic acids is 2. The van der Waals surface area contributed by atoms with Gasteiger partial charge in [-0.3, -0.25) is 14.5 Å². The Labute approximate surface area is 155 Å². The number of Topliss-reactive ketones (excluding diaryl/α,β-unsaturated/α-hetero) is 1. The fraction of sp³-hybridized carbons (Fsp3) is 0.429. The molecule has 0 bridgehead atoms. The topological polar surface area (TPSA) is 45.6 Å². The molecule has 0 unspecified atom stereocenters. The van der Waals surface area contributed by atoms with Crippen LogP contribution < -0.4 is 0 Å². The Kier molecular flexibility index (Phi) is 5.28. The maximum Gasteiger partial charge on any atom is 0.219 e. The van der Waals surface area contributed by atoms with Crippen LogP contribution in [0.3, 0.4) is 0 Å². The van der Waals surface area contributed by atoms with Crippen LogP contribution in [0.15, 0.2) is 36.4 Å². The van der Waals surface area contributed by atoms with E-state index in [-0.39, 0.29) is 17.7 Å². The molecule has 1 aliphatic heterocycles. The van der Waals surface area contributed by atoms with Gasteiger partial charge < -0.3 is 9.47 Å². The van der Waals surface area contributed by atoms with Gasteiger partial charge in [0.2, 0.25) is 5.91 Å². The smallest absolute Gasteiger partial charge is 0.219 e. The molecule has 1 fully saturated rings. The quantitative estimate of drug-likeness (QED) is 0.794. The first kappa shape index (κ1) is 18.4. The van der Waals surface area contributed by atoms with Gasteiger partial charge in [-0.1, -0.05) is 18.2 Å². The Morgan fingerprint density at radius 3 is 2.19 bits per heavy atom. The minimum absolute atomic E-state index is 0.107. The molecular weight excluding hydrogens is 326 g/mol. The van der Waals surface area contributed by atoms with E-state index < -0.39 is 0 Å². The van der Waals surface area contributed by atoms with Gasteiger partial charge in [-0.2, -0.15) is 0 Å². The molecule has 1 aromatic heterocycles. The molecule has 0 radical (unpaired) electrons. The van der Waals surface area contributed by atoms with Crippen molar-refractivity contribution in [3.8, 4) is 5.69 Å². The monoisotopic (exact) mass is 353 g/mol. The molecule has 5 nitrogen and oxygen atoms in total. The van der Waals surface area contributed by atoms with Crippen molar-refractivity contribution in [2.45, 2.75) is 33.7 Å². The maximum atomic E-state index is 13.1. The number of aryl methyl sites for hydroxylation is 1. The predicted molar refractivity (Wildman–Crippen MR) is 103 cm³/mol. The molecule has 1 amide bonds. The summed E-state index contributed by atoms with van der Waals surface area (Å²) in [7, 11) is 0. The second-order valence-corrected chi connectivity index (χ2v) is 7.04. The van der Waals surface area contributed by atoms with Crippen molar-refractivity contribution in [3.63, 3.8) is 0 Å². The van der Waals surface area contributed by atoms with Crippen molar-refractivity contribution in [2.75, 3.05) is 26.2 Å². The minimum Gasteiger partial charge on any atom is -0.340 e. The van der Waals surface area contributed by atoms with Crippen molar-refractivity contribution in [2.24, 2.45) is 0 Å². The van der Waals surface area contributed by atoms with Gasteiger partial charge in [-0.25, -0.2) is 0 Å². The summed E-state index contributed by atoms with van der Waals surface area (Å²) in [5.74, 6) is 0.256. The highest BCUT2D eigenvalue weighted by Gasteiger charge is 2.29. The van der Waals surface area contributed by atoms with Crippen LogP contribution >= 0.6 is 0 Å². The number of nitrogens with zero attached hydrogens (tertiary/aromatic N) is 3. The number of carbonyl (C=O) groups is 2. The number of ketones is 1. The zero-order valence-electron chi connectivity index (χ0n) is 16.0. The molecule has 1 aliphatic rings. The van der Waals surface area contributed by atoms with Gasteiger partial charge >= 0.3 is 0 Å². The van der Waals surface area contributed by atoms with Crippen LogP contribution in [0.5, 0.6) is 0 Å². The second-order valence-electron chi connectivity index (χ2n) is 7.04. The largest absolute Gasteiger partial charge is 0.340 e. The Balaban J connectivity index is 1.79. The van der Waals surface area contributed by atoms with E-state index in [2.05, 4.69) is 21.6 Å². The molecule has 0 N–H and O–H groups in total. The lowest BCUT2D eigenvalue weighted by Gasteiger charge is -2.37. The molecule has 0 saturated carbocycles. The SMILES string of the molecule is CC(=O)N1CCN([C@@H](C)C(=O)c2cc(C)n(-c3ccccc3)c2C)CC1. The van der Waals surface area contributed by atoms with Crippen LogP contribution in [0.25, 0.3) is 5.69 Å². The van der Waals surface area contributed by atoms with Gasteiger partial charge in [-0.05, 0) is 39.0 Å². The van der Waals surface area contributed by atoms with Crippen LogP contribution in [-0.4, -0.2) is 58.3 Å². The van der Waals surface area contributed by atoms with Crippen molar-refractivity contribution in [3.05, 3.63) is 53.3 Å². The van der Waals surface area contributed by atoms with Gasteiger partial charge in [-0.15, -0.1) is 0 Å². The molecule has 5 heteroatoms. The Bertz CT molecular complexity index is 802. The lowest BCUT2D eigenvalue weighted by molar-refractivity contribution is -0.130. The number of hydrogen-bond donors (Lipinski definition) is 0. The zero-order chi connectivity index (χ0) is 18.8. The highest BCUT2D eigenvalue weighted by Crippen LogP contribution is 2.23. The normalized spacial score (nSPS) is 16.5. The second kappa shape index (κ2) is 7.46. The van der Waals surface area contributed by atoms with E-state index in [1.165, 1.54) is 0 Å². The first-order valence-corrected chi connectivity index (χ1v) is 9.18. The molecule has 0 spiro atoms. The molecule has 0 aliphatic carbocycles. The number of para-hydroxylation sites is 1. The third-order valence-corrected chi connectivity index (χ3v) is 5.40. The number of hydrogen-bond acceptors (Lipinski definition) is 3. The van der Waals surface area contributed by atoms with Gasteiger partial charge in [0.1, 0.15) is 0 Å². The molecular formula is C21H27N3O2. The Hall–Kier alpha value is -2.40. The Morgan fingerprint density at radius 2 is 1.62 bits per heavy atom. The van der Waals surface area contributed by atoms with E-state index in [0.29, 0.717) is 13.1 Å². The molecule has 2 aromatic rings. The predicted octanol–water partition coefficient (Wildman–Crippen LogP) is 2.83. The molecule has 138 valence electrons. The third-order valence-electron chi connectivity index (χ3n) is 5.40. The fourth-order valence-corrected chi connectivity index (χ4v) is 3.80. The Morgan fingerprint density at radius 1 is 1.00 bits per heavy atom. The van der Waals surface area contributed by atoms with Crippen LogP contribution in [0.1, 0.15) is 35.6 Å². The standard InChI is InChI=1S/C21H27N3O2/c1-15-14-20(16(2)24(15)19-8-6-5-7-9-19)21(26)17(3)22-10-12-23(13-11-22)18(4)25/h5-9,14,17H,10-13H2,1-4H3/t17-/m0/s1. The highest BCUT2D eigenvalue weighted by molar-refractivity contribution is 6.01. The summed E-state index contributed by atoms with van der Waals surface area (Å²) < 4.78 is 2.13. The van der Waals surface area contributed by atoms with Crippen molar-refractivity contribution in [1.29, 1.82) is 0 Å². The summed E-state index contributed by atoms with van der Waals surface area (Å²) in [6, 6.07) is 11.9. The van der Waals surface area contributed by atoms with Gasteiger partial charge in [0.25, 0.3) is 0 Å². The average molecular weight is 353 g/mol. The van der Waals surface area contributed by atoms with E-state index in [1.54, 1.807) is 6.92 Å².